The third-order valence-corrected chi connectivity index (χ3v) is 4.00. The molecule has 0 atom stereocenters. The molecule has 1 aliphatic heterocycles. The fourth-order valence-corrected chi connectivity index (χ4v) is 2.88. The molecule has 5 heteroatoms. The van der Waals surface area contributed by atoms with Crippen LogP contribution in [0.2, 0.25) is 0 Å². The molecular formula is C11H20N4S. The maximum absolute atomic E-state index is 4.38. The lowest BCUT2D eigenvalue weighted by Crippen LogP contribution is -2.30. The SMILES string of the molecule is CCn1c(SC)nnc1C1CCN(C)CC1. The first kappa shape index (κ1) is 11.9. The predicted molar refractivity (Wildman–Crippen MR) is 66.9 cm³/mol. The van der Waals surface area contributed by atoms with E-state index in [0.717, 1.165) is 11.7 Å². The summed E-state index contributed by atoms with van der Waals surface area (Å²) < 4.78 is 2.26. The van der Waals surface area contributed by atoms with Crippen LogP contribution in [0.5, 0.6) is 0 Å². The van der Waals surface area contributed by atoms with Crippen molar-refractivity contribution < 1.29 is 0 Å². The molecule has 0 bridgehead atoms. The highest BCUT2D eigenvalue weighted by atomic mass is 32.2. The summed E-state index contributed by atoms with van der Waals surface area (Å²) in [5, 5.41) is 9.69. The first-order valence-corrected chi connectivity index (χ1v) is 7.14. The second-order valence-corrected chi connectivity index (χ2v) is 5.14. The molecule has 1 saturated heterocycles. The van der Waals surface area contributed by atoms with Crippen LogP contribution in [-0.4, -0.2) is 46.1 Å². The Kier molecular flexibility index (Phi) is 3.86. The van der Waals surface area contributed by atoms with Crippen molar-refractivity contribution >= 4 is 11.8 Å². The van der Waals surface area contributed by atoms with Gasteiger partial charge in [0.2, 0.25) is 0 Å². The topological polar surface area (TPSA) is 34.0 Å². The van der Waals surface area contributed by atoms with Crippen LogP contribution in [0.4, 0.5) is 0 Å². The van der Waals surface area contributed by atoms with Gasteiger partial charge in [-0.25, -0.2) is 0 Å². The van der Waals surface area contributed by atoms with Crippen molar-refractivity contribution in [3.63, 3.8) is 0 Å². The van der Waals surface area contributed by atoms with Gasteiger partial charge in [-0.05, 0) is 46.2 Å². The van der Waals surface area contributed by atoms with Crippen LogP contribution < -0.4 is 0 Å². The monoisotopic (exact) mass is 240 g/mol. The molecule has 0 unspecified atom stereocenters. The number of piperidine rings is 1. The van der Waals surface area contributed by atoms with E-state index in [1.54, 1.807) is 11.8 Å². The molecule has 0 radical (unpaired) electrons. The van der Waals surface area contributed by atoms with E-state index in [2.05, 4.69) is 39.9 Å². The van der Waals surface area contributed by atoms with Gasteiger partial charge in [-0.3, -0.25) is 0 Å². The molecule has 1 fully saturated rings. The smallest absolute Gasteiger partial charge is 0.190 e. The number of aromatic nitrogens is 3. The summed E-state index contributed by atoms with van der Waals surface area (Å²) in [7, 11) is 2.19. The Balaban J connectivity index is 2.16. The normalized spacial score (nSPS) is 19.2. The zero-order valence-corrected chi connectivity index (χ0v) is 11.1. The van der Waals surface area contributed by atoms with Gasteiger partial charge in [-0.1, -0.05) is 11.8 Å². The second-order valence-electron chi connectivity index (χ2n) is 4.37. The van der Waals surface area contributed by atoms with Crippen LogP contribution in [0, 0.1) is 0 Å². The maximum atomic E-state index is 4.38. The summed E-state index contributed by atoms with van der Waals surface area (Å²) in [6.45, 7) is 5.50. The van der Waals surface area contributed by atoms with Crippen molar-refractivity contribution in [2.45, 2.75) is 37.4 Å². The highest BCUT2D eigenvalue weighted by Gasteiger charge is 2.24. The van der Waals surface area contributed by atoms with Crippen molar-refractivity contribution in [3.8, 4) is 0 Å². The summed E-state index contributed by atoms with van der Waals surface area (Å²) >= 11 is 1.68. The Bertz CT molecular complexity index is 342. The zero-order valence-electron chi connectivity index (χ0n) is 10.3. The molecule has 0 amide bonds. The van der Waals surface area contributed by atoms with Crippen molar-refractivity contribution in [3.05, 3.63) is 5.82 Å². The van der Waals surface area contributed by atoms with Crippen LogP contribution >= 0.6 is 11.8 Å². The lowest BCUT2D eigenvalue weighted by atomic mass is 9.96. The first-order valence-electron chi connectivity index (χ1n) is 5.91. The fourth-order valence-electron chi connectivity index (χ4n) is 2.32. The minimum absolute atomic E-state index is 0.601. The molecule has 0 aromatic carbocycles. The Labute approximate surface area is 101 Å². The van der Waals surface area contributed by atoms with Crippen molar-refractivity contribution in [1.82, 2.24) is 19.7 Å². The zero-order chi connectivity index (χ0) is 11.5. The lowest BCUT2D eigenvalue weighted by Gasteiger charge is -2.28. The molecule has 4 nitrogen and oxygen atoms in total. The molecule has 2 rings (SSSR count). The molecule has 90 valence electrons. The van der Waals surface area contributed by atoms with E-state index in [4.69, 9.17) is 0 Å². The van der Waals surface area contributed by atoms with Crippen molar-refractivity contribution in [2.24, 2.45) is 0 Å². The Morgan fingerprint density at radius 2 is 2.00 bits per heavy atom. The molecule has 1 aromatic rings. The van der Waals surface area contributed by atoms with E-state index in [1.807, 2.05) is 0 Å². The Morgan fingerprint density at radius 3 is 2.56 bits per heavy atom. The van der Waals surface area contributed by atoms with Crippen molar-refractivity contribution in [1.29, 1.82) is 0 Å². The van der Waals surface area contributed by atoms with E-state index in [1.165, 1.54) is 31.8 Å². The van der Waals surface area contributed by atoms with Gasteiger partial charge in [-0.2, -0.15) is 0 Å². The van der Waals surface area contributed by atoms with Crippen LogP contribution in [0.3, 0.4) is 0 Å². The molecular weight excluding hydrogens is 220 g/mol. The molecule has 0 saturated carbocycles. The van der Waals surface area contributed by atoms with E-state index in [0.29, 0.717) is 5.92 Å². The number of hydrogen-bond acceptors (Lipinski definition) is 4. The number of thioether (sulfide) groups is 1. The molecule has 0 N–H and O–H groups in total. The quantitative estimate of drug-likeness (QED) is 0.755. The molecule has 2 heterocycles. The van der Waals surface area contributed by atoms with Gasteiger partial charge in [0.05, 0.1) is 0 Å². The van der Waals surface area contributed by atoms with Crippen LogP contribution in [-0.2, 0) is 6.54 Å². The third kappa shape index (κ3) is 2.25. The van der Waals surface area contributed by atoms with E-state index >= 15 is 0 Å². The van der Waals surface area contributed by atoms with E-state index in [9.17, 15) is 0 Å². The summed E-state index contributed by atoms with van der Waals surface area (Å²) in [5.74, 6) is 1.80. The summed E-state index contributed by atoms with van der Waals surface area (Å²) in [5.41, 5.74) is 0. The van der Waals surface area contributed by atoms with Crippen molar-refractivity contribution in [2.75, 3.05) is 26.4 Å². The molecule has 0 spiro atoms. The minimum atomic E-state index is 0.601. The first-order chi connectivity index (χ1) is 7.76. The predicted octanol–water partition coefficient (Wildman–Crippen LogP) is 1.83. The maximum Gasteiger partial charge on any atom is 0.190 e. The minimum Gasteiger partial charge on any atom is -0.306 e. The van der Waals surface area contributed by atoms with Crippen LogP contribution in [0.15, 0.2) is 5.16 Å². The molecule has 16 heavy (non-hydrogen) atoms. The van der Waals surface area contributed by atoms with Gasteiger partial charge in [0.15, 0.2) is 5.16 Å². The lowest BCUT2D eigenvalue weighted by molar-refractivity contribution is 0.248. The van der Waals surface area contributed by atoms with Crippen LogP contribution in [0.25, 0.3) is 0 Å². The number of nitrogens with zero attached hydrogens (tertiary/aromatic N) is 4. The van der Waals surface area contributed by atoms with E-state index < -0.39 is 0 Å². The van der Waals surface area contributed by atoms with Gasteiger partial charge < -0.3 is 9.47 Å². The Hall–Kier alpha value is -0.550. The highest BCUT2D eigenvalue weighted by molar-refractivity contribution is 7.98. The molecule has 0 aliphatic carbocycles. The van der Waals surface area contributed by atoms with Gasteiger partial charge in [0, 0.05) is 12.5 Å². The van der Waals surface area contributed by atoms with Gasteiger partial charge in [-0.15, -0.1) is 10.2 Å². The van der Waals surface area contributed by atoms with E-state index in [-0.39, 0.29) is 0 Å². The average Bonchev–Trinajstić information content (AvgIpc) is 2.72. The van der Waals surface area contributed by atoms with Crippen LogP contribution in [0.1, 0.15) is 31.5 Å². The van der Waals surface area contributed by atoms with Gasteiger partial charge in [0.25, 0.3) is 0 Å². The number of hydrogen-bond donors (Lipinski definition) is 0. The summed E-state index contributed by atoms with van der Waals surface area (Å²) in [4.78, 5) is 2.39. The molecule has 1 aliphatic rings. The largest absolute Gasteiger partial charge is 0.306 e. The summed E-state index contributed by atoms with van der Waals surface area (Å²) in [6.07, 6.45) is 4.49. The van der Waals surface area contributed by atoms with Gasteiger partial charge >= 0.3 is 0 Å². The van der Waals surface area contributed by atoms with Gasteiger partial charge in [0.1, 0.15) is 5.82 Å². The second kappa shape index (κ2) is 5.19. The third-order valence-electron chi connectivity index (χ3n) is 3.33. The fraction of sp³-hybridized carbons (Fsp3) is 0.818. The highest BCUT2D eigenvalue weighted by Crippen LogP contribution is 2.28. The Morgan fingerprint density at radius 1 is 1.31 bits per heavy atom. The molecule has 1 aromatic heterocycles. The average molecular weight is 240 g/mol. The number of likely N-dealkylation sites (tertiary alicyclic amines) is 1. The summed E-state index contributed by atoms with van der Waals surface area (Å²) in [6, 6.07) is 0. The standard InChI is InChI=1S/C11H20N4S/c1-4-15-10(12-13-11(15)16-3)9-5-7-14(2)8-6-9/h9H,4-8H2,1-3H3. The number of rotatable bonds is 3.